The molecular weight excluding hydrogens is 568 g/mol. The first-order valence-electron chi connectivity index (χ1n) is 15.4. The van der Waals surface area contributed by atoms with E-state index >= 15 is 0 Å². The van der Waals surface area contributed by atoms with Crippen LogP contribution < -0.4 is 29.6 Å². The zero-order valence-corrected chi connectivity index (χ0v) is 25.8. The Bertz CT molecular complexity index is 1530. The summed E-state index contributed by atoms with van der Waals surface area (Å²) in [6, 6.07) is 5.11. The summed E-state index contributed by atoms with van der Waals surface area (Å²) in [7, 11) is 6.74. The second kappa shape index (κ2) is 11.7. The summed E-state index contributed by atoms with van der Waals surface area (Å²) in [6.45, 7) is 2.18. The maximum Gasteiger partial charge on any atom is 0.178 e. The van der Waals surface area contributed by atoms with E-state index in [1.54, 1.807) is 52.7 Å². The summed E-state index contributed by atoms with van der Waals surface area (Å²) in [5.74, 6) is 3.30. The van der Waals surface area contributed by atoms with Crippen molar-refractivity contribution >= 4 is 11.6 Å². The van der Waals surface area contributed by atoms with E-state index in [1.165, 1.54) is 33.4 Å². The summed E-state index contributed by atoms with van der Waals surface area (Å²) in [5, 5.41) is 4.81. The van der Waals surface area contributed by atoms with Crippen LogP contribution in [0.25, 0.3) is 0 Å². The van der Waals surface area contributed by atoms with Crippen LogP contribution in [0.4, 0.5) is 0 Å². The van der Waals surface area contributed by atoms with E-state index in [-0.39, 0.29) is 29.8 Å². The van der Waals surface area contributed by atoms with Crippen LogP contribution in [-0.4, -0.2) is 53.1 Å². The minimum atomic E-state index is -0.247. The molecule has 2 spiro atoms. The van der Waals surface area contributed by atoms with Crippen molar-refractivity contribution in [2.75, 3.05) is 41.5 Å². The van der Waals surface area contributed by atoms with Gasteiger partial charge in [0.2, 0.25) is 0 Å². The van der Waals surface area contributed by atoms with Crippen molar-refractivity contribution in [1.29, 1.82) is 0 Å². The maximum atomic E-state index is 11.6. The second-order valence-electron chi connectivity index (χ2n) is 12.5. The molecule has 2 atom stereocenters. The Hall–Kier alpha value is -4.14. The van der Waals surface area contributed by atoms with Crippen molar-refractivity contribution in [3.05, 3.63) is 94.1 Å². The number of ketones is 2. The van der Waals surface area contributed by atoms with Crippen LogP contribution in [0.5, 0.6) is 23.0 Å². The third-order valence-electron chi connectivity index (χ3n) is 10.3. The first-order chi connectivity index (χ1) is 21.4. The molecule has 0 bridgehead atoms. The van der Waals surface area contributed by atoms with E-state index in [0.717, 1.165) is 61.8 Å². The topological polar surface area (TPSA) is 104 Å². The third kappa shape index (κ3) is 4.73. The Morgan fingerprint density at radius 3 is 1.33 bits per heavy atom. The first kappa shape index (κ1) is 30.9. The van der Waals surface area contributed by atoms with Crippen molar-refractivity contribution < 1.29 is 39.2 Å². The predicted molar refractivity (Wildman–Crippen MR) is 171 cm³/mol. The molecule has 45 heavy (non-hydrogen) atoms. The van der Waals surface area contributed by atoms with Gasteiger partial charge in [-0.2, -0.15) is 0 Å². The molecule has 6 aliphatic rings. The number of nitrogens with two attached hydrogens (primary N) is 2. The molecule has 8 heteroatoms. The average Bonchev–Trinajstić information content (AvgIpc) is 3.55. The van der Waals surface area contributed by atoms with Crippen molar-refractivity contribution in [1.82, 2.24) is 0 Å². The number of carbonyl (C=O) groups excluding carboxylic acids is 2. The van der Waals surface area contributed by atoms with E-state index in [1.807, 2.05) is 24.3 Å². The molecule has 0 saturated heterocycles. The third-order valence-corrected chi connectivity index (χ3v) is 10.3. The van der Waals surface area contributed by atoms with Gasteiger partial charge in [0.05, 0.1) is 41.5 Å². The van der Waals surface area contributed by atoms with Gasteiger partial charge in [0.1, 0.15) is 12.1 Å². The van der Waals surface area contributed by atoms with Crippen LogP contribution in [0.2, 0.25) is 0 Å². The van der Waals surface area contributed by atoms with Gasteiger partial charge in [0.15, 0.2) is 34.6 Å². The number of benzene rings is 2. The van der Waals surface area contributed by atoms with Gasteiger partial charge in [0.25, 0.3) is 0 Å². The lowest BCUT2D eigenvalue weighted by atomic mass is 9.77. The lowest BCUT2D eigenvalue weighted by molar-refractivity contribution is -0.699. The SMILES string of the molecule is C.COc1cc2c3c(c1OC)C1(C=CC(=O)C=C1)CC3[NH2+]CC2.COc1cc2c3c(c1OC)C1(C=CC(=O)C=C1)CC3[NH2+]CC2. The Morgan fingerprint density at radius 1 is 0.622 bits per heavy atom. The number of allylic oxidation sites excluding steroid dienone is 8. The van der Waals surface area contributed by atoms with Gasteiger partial charge in [-0.25, -0.2) is 0 Å². The van der Waals surface area contributed by atoms with Gasteiger partial charge in [0, 0.05) is 58.8 Å². The molecule has 0 radical (unpaired) electrons. The molecule has 236 valence electrons. The molecule has 2 aliphatic heterocycles. The molecule has 8 rings (SSSR count). The van der Waals surface area contributed by atoms with E-state index in [2.05, 4.69) is 22.8 Å². The average molecular weight is 613 g/mol. The number of carbonyl (C=O) groups is 2. The molecule has 0 saturated carbocycles. The van der Waals surface area contributed by atoms with Gasteiger partial charge in [-0.05, 0) is 47.6 Å². The van der Waals surface area contributed by atoms with Gasteiger partial charge in [-0.3, -0.25) is 9.59 Å². The van der Waals surface area contributed by atoms with Gasteiger partial charge in [-0.1, -0.05) is 31.7 Å². The van der Waals surface area contributed by atoms with E-state index < -0.39 is 0 Å². The zero-order valence-electron chi connectivity index (χ0n) is 25.8. The standard InChI is InChI=1S/2C18H19NO3.CH4/c2*1-21-14-9-11-5-8-19-13-10-18(6-3-12(20)4-7-18)16(15(11)13)17(14)22-2;/h2*3-4,6-7,9,13,19H,5,8,10H2,1-2H3;1H4/p+2. The monoisotopic (exact) mass is 612 g/mol. The molecule has 4 N–H and O–H groups in total. The molecule has 0 aromatic heterocycles. The summed E-state index contributed by atoms with van der Waals surface area (Å²) < 4.78 is 22.6. The number of quaternary nitrogens is 2. The van der Waals surface area contributed by atoms with Gasteiger partial charge in [-0.15, -0.1) is 0 Å². The summed E-state index contributed by atoms with van der Waals surface area (Å²) >= 11 is 0. The molecule has 2 unspecified atom stereocenters. The number of fused-ring (bicyclic) bond motifs is 2. The lowest BCUT2D eigenvalue weighted by Crippen LogP contribution is -2.86. The highest BCUT2D eigenvalue weighted by Gasteiger charge is 2.50. The Kier molecular flexibility index (Phi) is 8.00. The number of methoxy groups -OCH3 is 4. The fourth-order valence-corrected chi connectivity index (χ4v) is 8.48. The highest BCUT2D eigenvalue weighted by Crippen LogP contribution is 2.56. The van der Waals surface area contributed by atoms with Crippen LogP contribution >= 0.6 is 0 Å². The van der Waals surface area contributed by atoms with E-state index in [9.17, 15) is 9.59 Å². The van der Waals surface area contributed by atoms with Crippen molar-refractivity contribution in [3.63, 3.8) is 0 Å². The van der Waals surface area contributed by atoms with Crippen LogP contribution in [-0.2, 0) is 33.3 Å². The predicted octanol–water partition coefficient (Wildman–Crippen LogP) is 3.04. The van der Waals surface area contributed by atoms with Crippen LogP contribution in [0.15, 0.2) is 60.7 Å². The fraction of sp³-hybridized carbons (Fsp3) is 0.405. The molecular formula is C37H44N2O6+2. The second-order valence-corrected chi connectivity index (χ2v) is 12.5. The highest BCUT2D eigenvalue weighted by molar-refractivity contribution is 6.01. The summed E-state index contributed by atoms with van der Waals surface area (Å²) in [5.41, 5.74) is 7.36. The zero-order chi connectivity index (χ0) is 30.6. The normalized spacial score (nSPS) is 23.2. The van der Waals surface area contributed by atoms with Crippen LogP contribution in [0, 0.1) is 0 Å². The van der Waals surface area contributed by atoms with Crippen molar-refractivity contribution in [3.8, 4) is 23.0 Å². The quantitative estimate of drug-likeness (QED) is 0.551. The maximum absolute atomic E-state index is 11.6. The molecule has 2 aromatic rings. The number of hydrogen-bond acceptors (Lipinski definition) is 6. The highest BCUT2D eigenvalue weighted by atomic mass is 16.5. The number of rotatable bonds is 4. The summed E-state index contributed by atoms with van der Waals surface area (Å²) in [6.07, 6.45) is 18.9. The van der Waals surface area contributed by atoms with E-state index in [0.29, 0.717) is 12.1 Å². The fourth-order valence-electron chi connectivity index (χ4n) is 8.48. The molecule has 0 fully saturated rings. The number of ether oxygens (including phenoxy) is 4. The minimum absolute atomic E-state index is 0. The Labute approximate surface area is 265 Å². The van der Waals surface area contributed by atoms with Crippen molar-refractivity contribution in [2.24, 2.45) is 0 Å². The van der Waals surface area contributed by atoms with Gasteiger partial charge < -0.3 is 29.6 Å². The first-order valence-corrected chi connectivity index (χ1v) is 15.4. The molecule has 8 nitrogen and oxygen atoms in total. The summed E-state index contributed by atoms with van der Waals surface area (Å²) in [4.78, 5) is 23.2. The van der Waals surface area contributed by atoms with E-state index in [4.69, 9.17) is 18.9 Å². The van der Waals surface area contributed by atoms with Crippen molar-refractivity contribution in [2.45, 2.75) is 56.0 Å². The number of hydrogen-bond donors (Lipinski definition) is 2. The smallest absolute Gasteiger partial charge is 0.178 e. The minimum Gasteiger partial charge on any atom is -0.493 e. The largest absolute Gasteiger partial charge is 0.493 e. The molecule has 0 amide bonds. The molecule has 2 heterocycles. The Balaban J connectivity index is 0.000000155. The molecule has 4 aliphatic carbocycles. The Morgan fingerprint density at radius 2 is 1.00 bits per heavy atom. The lowest BCUT2D eigenvalue weighted by Gasteiger charge is -2.27. The van der Waals surface area contributed by atoms with Crippen LogP contribution in [0.3, 0.4) is 0 Å². The van der Waals surface area contributed by atoms with Crippen LogP contribution in [0.1, 0.15) is 65.7 Å². The molecule has 2 aromatic carbocycles. The van der Waals surface area contributed by atoms with Gasteiger partial charge >= 0.3 is 0 Å².